The van der Waals surface area contributed by atoms with Crippen molar-refractivity contribution < 1.29 is 18.3 Å². The fourth-order valence-electron chi connectivity index (χ4n) is 1.19. The standard InChI is InChI=1S/C11H13F3N2OS/c1-2-18-10-5-8(11(12,13)14)6-16-9(10)7-15-3-4-17/h5-7,17H,2-4H2,1H3/b15-7+. The van der Waals surface area contributed by atoms with Crippen LogP contribution in [-0.2, 0) is 6.18 Å². The molecule has 0 aliphatic carbocycles. The molecule has 100 valence electrons. The van der Waals surface area contributed by atoms with Crippen molar-refractivity contribution in [3.05, 3.63) is 23.5 Å². The lowest BCUT2D eigenvalue weighted by Crippen LogP contribution is -2.07. The van der Waals surface area contributed by atoms with E-state index < -0.39 is 11.7 Å². The van der Waals surface area contributed by atoms with Crippen LogP contribution in [0.15, 0.2) is 22.2 Å². The van der Waals surface area contributed by atoms with Gasteiger partial charge < -0.3 is 5.11 Å². The normalized spacial score (nSPS) is 12.3. The van der Waals surface area contributed by atoms with Crippen molar-refractivity contribution in [3.63, 3.8) is 0 Å². The first kappa shape index (κ1) is 15.0. The first-order valence-corrected chi connectivity index (χ1v) is 6.28. The van der Waals surface area contributed by atoms with Gasteiger partial charge >= 0.3 is 6.18 Å². The van der Waals surface area contributed by atoms with Crippen molar-refractivity contribution in [2.75, 3.05) is 18.9 Å². The average molecular weight is 278 g/mol. The van der Waals surface area contributed by atoms with Crippen LogP contribution in [0.5, 0.6) is 0 Å². The molecule has 18 heavy (non-hydrogen) atoms. The Morgan fingerprint density at radius 3 is 2.78 bits per heavy atom. The number of alkyl halides is 3. The summed E-state index contributed by atoms with van der Waals surface area (Å²) in [5.41, 5.74) is -0.374. The predicted octanol–water partition coefficient (Wildman–Crippen LogP) is 2.62. The van der Waals surface area contributed by atoms with Crippen LogP contribution in [0.3, 0.4) is 0 Å². The highest BCUT2D eigenvalue weighted by Crippen LogP contribution is 2.32. The number of nitrogens with zero attached hydrogens (tertiary/aromatic N) is 2. The van der Waals surface area contributed by atoms with E-state index in [0.29, 0.717) is 16.3 Å². The second-order valence-electron chi connectivity index (χ2n) is 3.30. The van der Waals surface area contributed by atoms with E-state index in [2.05, 4.69) is 9.98 Å². The van der Waals surface area contributed by atoms with Gasteiger partial charge in [-0.15, -0.1) is 11.8 Å². The number of aliphatic imine (C=N–C) groups is 1. The van der Waals surface area contributed by atoms with Gasteiger partial charge in [-0.2, -0.15) is 13.2 Å². The van der Waals surface area contributed by atoms with Crippen LogP contribution < -0.4 is 0 Å². The lowest BCUT2D eigenvalue weighted by molar-refractivity contribution is -0.138. The van der Waals surface area contributed by atoms with E-state index in [-0.39, 0.29) is 13.2 Å². The lowest BCUT2D eigenvalue weighted by atomic mass is 10.2. The minimum absolute atomic E-state index is 0.104. The second kappa shape index (κ2) is 6.75. The summed E-state index contributed by atoms with van der Waals surface area (Å²) in [6.45, 7) is 1.95. The molecule has 0 aliphatic rings. The van der Waals surface area contributed by atoms with Crippen molar-refractivity contribution in [2.45, 2.75) is 18.0 Å². The number of rotatable bonds is 5. The number of thioether (sulfide) groups is 1. The smallest absolute Gasteiger partial charge is 0.394 e. The van der Waals surface area contributed by atoms with E-state index in [1.807, 2.05) is 6.92 Å². The molecule has 1 N–H and O–H groups in total. The van der Waals surface area contributed by atoms with Gasteiger partial charge in [0.1, 0.15) is 0 Å². The van der Waals surface area contributed by atoms with Crippen LogP contribution in [0.1, 0.15) is 18.2 Å². The van der Waals surface area contributed by atoms with Crippen LogP contribution in [0, 0.1) is 0 Å². The molecule has 1 rings (SSSR count). The van der Waals surface area contributed by atoms with Crippen molar-refractivity contribution in [3.8, 4) is 0 Å². The predicted molar refractivity (Wildman–Crippen MR) is 65.2 cm³/mol. The first-order valence-electron chi connectivity index (χ1n) is 5.29. The maximum atomic E-state index is 12.5. The molecule has 0 fully saturated rings. The van der Waals surface area contributed by atoms with Gasteiger partial charge in [-0.25, -0.2) is 0 Å². The molecule has 0 radical (unpaired) electrons. The van der Waals surface area contributed by atoms with E-state index in [0.717, 1.165) is 12.3 Å². The molecule has 0 spiro atoms. The average Bonchev–Trinajstić information content (AvgIpc) is 2.30. The van der Waals surface area contributed by atoms with Crippen LogP contribution in [0.25, 0.3) is 0 Å². The number of aliphatic hydroxyl groups excluding tert-OH is 1. The molecule has 0 atom stereocenters. The highest BCUT2D eigenvalue weighted by atomic mass is 32.2. The fourth-order valence-corrected chi connectivity index (χ4v) is 1.96. The summed E-state index contributed by atoms with van der Waals surface area (Å²) in [6.07, 6.45) is -2.22. The Bertz CT molecular complexity index is 421. The fraction of sp³-hybridized carbons (Fsp3) is 0.455. The van der Waals surface area contributed by atoms with E-state index >= 15 is 0 Å². The zero-order valence-corrected chi connectivity index (χ0v) is 10.6. The molecule has 3 nitrogen and oxygen atoms in total. The zero-order valence-electron chi connectivity index (χ0n) is 9.74. The lowest BCUT2D eigenvalue weighted by Gasteiger charge is -2.09. The van der Waals surface area contributed by atoms with E-state index in [1.54, 1.807) is 0 Å². The third-order valence-corrected chi connectivity index (χ3v) is 2.88. The summed E-state index contributed by atoms with van der Waals surface area (Å²) in [6, 6.07) is 1.07. The SMILES string of the molecule is CCSc1cc(C(F)(F)F)cnc1/C=N/CCO. The van der Waals surface area contributed by atoms with Gasteiger partial charge in [0.2, 0.25) is 0 Å². The molecular weight excluding hydrogens is 265 g/mol. The molecule has 1 aromatic heterocycles. The van der Waals surface area contributed by atoms with E-state index in [1.165, 1.54) is 18.0 Å². The number of pyridine rings is 1. The quantitative estimate of drug-likeness (QED) is 0.665. The van der Waals surface area contributed by atoms with Crippen LogP contribution >= 0.6 is 11.8 Å². The Morgan fingerprint density at radius 1 is 1.50 bits per heavy atom. The van der Waals surface area contributed by atoms with Gasteiger partial charge in [0.05, 0.1) is 24.4 Å². The molecule has 0 amide bonds. The Morgan fingerprint density at radius 2 is 2.22 bits per heavy atom. The molecule has 7 heteroatoms. The minimum atomic E-state index is -4.39. The van der Waals surface area contributed by atoms with Crippen LogP contribution in [-0.4, -0.2) is 35.2 Å². The Balaban J connectivity index is 3.04. The summed E-state index contributed by atoms with van der Waals surface area (Å²) in [4.78, 5) is 8.07. The Kier molecular flexibility index (Phi) is 5.61. The zero-order chi connectivity index (χ0) is 13.6. The minimum Gasteiger partial charge on any atom is -0.394 e. The summed E-state index contributed by atoms with van der Waals surface area (Å²) in [7, 11) is 0. The Hall–Kier alpha value is -1.08. The van der Waals surface area contributed by atoms with Gasteiger partial charge in [0.25, 0.3) is 0 Å². The number of aromatic nitrogens is 1. The van der Waals surface area contributed by atoms with E-state index in [4.69, 9.17) is 5.11 Å². The molecule has 0 saturated heterocycles. The molecule has 1 aromatic rings. The molecule has 0 aliphatic heterocycles. The largest absolute Gasteiger partial charge is 0.417 e. The van der Waals surface area contributed by atoms with Gasteiger partial charge in [-0.05, 0) is 11.8 Å². The van der Waals surface area contributed by atoms with Crippen LogP contribution in [0.2, 0.25) is 0 Å². The van der Waals surface area contributed by atoms with Gasteiger partial charge in [0, 0.05) is 17.3 Å². The number of hydrogen-bond donors (Lipinski definition) is 1. The van der Waals surface area contributed by atoms with Crippen molar-refractivity contribution in [1.29, 1.82) is 0 Å². The summed E-state index contributed by atoms with van der Waals surface area (Å²) in [5.74, 6) is 0.643. The molecule has 0 bridgehead atoms. The molecule has 1 heterocycles. The third-order valence-electron chi connectivity index (χ3n) is 1.95. The van der Waals surface area contributed by atoms with Crippen molar-refractivity contribution in [1.82, 2.24) is 4.98 Å². The Labute approximate surface area is 107 Å². The highest BCUT2D eigenvalue weighted by Gasteiger charge is 2.31. The molecule has 0 saturated carbocycles. The summed E-state index contributed by atoms with van der Waals surface area (Å²) < 4.78 is 37.6. The summed E-state index contributed by atoms with van der Waals surface area (Å²) >= 11 is 1.27. The topological polar surface area (TPSA) is 45.5 Å². The van der Waals surface area contributed by atoms with Crippen molar-refractivity contribution in [2.24, 2.45) is 4.99 Å². The number of halogens is 3. The summed E-state index contributed by atoms with van der Waals surface area (Å²) in [5, 5.41) is 8.58. The van der Waals surface area contributed by atoms with Crippen molar-refractivity contribution >= 4 is 18.0 Å². The molecular formula is C11H13F3N2OS. The molecule has 0 aromatic carbocycles. The second-order valence-corrected chi connectivity index (χ2v) is 4.60. The first-order chi connectivity index (χ1) is 8.49. The monoisotopic (exact) mass is 278 g/mol. The van der Waals surface area contributed by atoms with Gasteiger partial charge in [-0.3, -0.25) is 9.98 Å². The maximum absolute atomic E-state index is 12.5. The number of aliphatic hydroxyl groups is 1. The maximum Gasteiger partial charge on any atom is 0.417 e. The molecule has 0 unspecified atom stereocenters. The van der Waals surface area contributed by atoms with Crippen LogP contribution in [0.4, 0.5) is 13.2 Å². The third kappa shape index (κ3) is 4.30. The van der Waals surface area contributed by atoms with Gasteiger partial charge in [-0.1, -0.05) is 6.92 Å². The highest BCUT2D eigenvalue weighted by molar-refractivity contribution is 7.99. The van der Waals surface area contributed by atoms with Gasteiger partial charge in [0.15, 0.2) is 0 Å². The van der Waals surface area contributed by atoms with E-state index in [9.17, 15) is 13.2 Å². The number of hydrogen-bond acceptors (Lipinski definition) is 4.